The quantitative estimate of drug-likeness (QED) is 0.383. The Kier molecular flexibility index (Phi) is 4.22. The molecule has 0 bridgehead atoms. The molecule has 0 atom stereocenters. The summed E-state index contributed by atoms with van der Waals surface area (Å²) in [6.07, 6.45) is 0. The Balaban J connectivity index is 2.49. The van der Waals surface area contributed by atoms with E-state index in [2.05, 4.69) is 10.2 Å². The average molecular weight is 344 g/mol. The summed E-state index contributed by atoms with van der Waals surface area (Å²) >= 11 is 5.67. The maximum atomic E-state index is 11.1. The third-order valence-corrected chi connectivity index (χ3v) is 3.70. The Bertz CT molecular complexity index is 867. The first-order chi connectivity index (χ1) is 10.2. The zero-order valence-corrected chi connectivity index (χ0v) is 12.4. The minimum atomic E-state index is -4.52. The summed E-state index contributed by atoms with van der Waals surface area (Å²) in [6, 6.07) is 5.84. The van der Waals surface area contributed by atoms with Gasteiger partial charge < -0.3 is 15.9 Å². The SMILES string of the molecule is Nc1ccc(N=Nc2cc(S(=O)(=O)O)cc(Cl)c2O)c(O)c1. The Morgan fingerprint density at radius 3 is 2.27 bits per heavy atom. The van der Waals surface area contributed by atoms with Crippen molar-refractivity contribution < 1.29 is 23.2 Å². The molecule has 0 amide bonds. The van der Waals surface area contributed by atoms with Gasteiger partial charge in [0, 0.05) is 11.8 Å². The van der Waals surface area contributed by atoms with E-state index in [-0.39, 0.29) is 22.1 Å². The van der Waals surface area contributed by atoms with Gasteiger partial charge in [-0.15, -0.1) is 10.2 Å². The number of aromatic hydroxyl groups is 2. The van der Waals surface area contributed by atoms with E-state index in [1.807, 2.05) is 0 Å². The molecule has 0 fully saturated rings. The molecule has 0 aliphatic heterocycles. The van der Waals surface area contributed by atoms with Crippen LogP contribution in [0.1, 0.15) is 0 Å². The van der Waals surface area contributed by atoms with Gasteiger partial charge in [0.15, 0.2) is 5.75 Å². The molecule has 0 radical (unpaired) electrons. The van der Waals surface area contributed by atoms with Crippen molar-refractivity contribution in [1.82, 2.24) is 0 Å². The molecule has 10 heteroatoms. The van der Waals surface area contributed by atoms with E-state index in [4.69, 9.17) is 21.9 Å². The monoisotopic (exact) mass is 343 g/mol. The lowest BCUT2D eigenvalue weighted by atomic mass is 10.2. The minimum Gasteiger partial charge on any atom is -0.506 e. The molecule has 2 aromatic rings. The first kappa shape index (κ1) is 16.0. The number of azo groups is 1. The summed E-state index contributed by atoms with van der Waals surface area (Å²) in [5.41, 5.74) is 5.53. The highest BCUT2D eigenvalue weighted by atomic mass is 35.5. The molecule has 0 heterocycles. The van der Waals surface area contributed by atoms with Crippen molar-refractivity contribution in [3.05, 3.63) is 35.4 Å². The van der Waals surface area contributed by atoms with E-state index in [0.29, 0.717) is 5.69 Å². The second-order valence-electron chi connectivity index (χ2n) is 4.20. The number of hydrogen-bond donors (Lipinski definition) is 4. The molecule has 0 aliphatic rings. The summed E-state index contributed by atoms with van der Waals surface area (Å²) in [5, 5.41) is 26.3. The molecular formula is C12H10ClN3O5S. The van der Waals surface area contributed by atoms with Gasteiger partial charge in [-0.3, -0.25) is 4.55 Å². The highest BCUT2D eigenvalue weighted by molar-refractivity contribution is 7.85. The predicted molar refractivity (Wildman–Crippen MR) is 79.6 cm³/mol. The fourth-order valence-electron chi connectivity index (χ4n) is 1.52. The number of nitrogen functional groups attached to an aromatic ring is 1. The van der Waals surface area contributed by atoms with Crippen LogP contribution < -0.4 is 5.73 Å². The molecule has 22 heavy (non-hydrogen) atoms. The Hall–Kier alpha value is -2.36. The maximum absolute atomic E-state index is 11.1. The van der Waals surface area contributed by atoms with Gasteiger partial charge in [0.1, 0.15) is 17.1 Å². The summed E-state index contributed by atoms with van der Waals surface area (Å²) < 4.78 is 31.2. The first-order valence-electron chi connectivity index (χ1n) is 5.68. The van der Waals surface area contributed by atoms with Crippen molar-refractivity contribution in [2.75, 3.05) is 5.73 Å². The lowest BCUT2D eigenvalue weighted by molar-refractivity contribution is 0.472. The number of halogens is 1. The normalized spacial score (nSPS) is 11.9. The average Bonchev–Trinajstić information content (AvgIpc) is 2.40. The van der Waals surface area contributed by atoms with Crippen LogP contribution in [-0.4, -0.2) is 23.2 Å². The second-order valence-corrected chi connectivity index (χ2v) is 6.02. The highest BCUT2D eigenvalue weighted by Gasteiger charge is 2.16. The molecule has 0 aliphatic carbocycles. The van der Waals surface area contributed by atoms with Gasteiger partial charge in [-0.25, -0.2) is 0 Å². The molecule has 0 saturated heterocycles. The molecule has 0 aromatic heterocycles. The van der Waals surface area contributed by atoms with Crippen LogP contribution in [0, 0.1) is 0 Å². The van der Waals surface area contributed by atoms with Crippen molar-refractivity contribution >= 4 is 38.8 Å². The summed E-state index contributed by atoms with van der Waals surface area (Å²) in [5.74, 6) is -0.770. The van der Waals surface area contributed by atoms with Crippen LogP contribution in [0.2, 0.25) is 5.02 Å². The minimum absolute atomic E-state index is 0.0435. The van der Waals surface area contributed by atoms with E-state index < -0.39 is 20.8 Å². The Morgan fingerprint density at radius 2 is 1.68 bits per heavy atom. The topological polar surface area (TPSA) is 146 Å². The van der Waals surface area contributed by atoms with Crippen molar-refractivity contribution in [1.29, 1.82) is 0 Å². The molecule has 0 unspecified atom stereocenters. The van der Waals surface area contributed by atoms with Gasteiger partial charge in [0.2, 0.25) is 0 Å². The van der Waals surface area contributed by atoms with Gasteiger partial charge in [-0.1, -0.05) is 11.6 Å². The van der Waals surface area contributed by atoms with Crippen molar-refractivity contribution in [2.24, 2.45) is 10.2 Å². The van der Waals surface area contributed by atoms with Crippen LogP contribution >= 0.6 is 11.6 Å². The number of anilines is 1. The lowest BCUT2D eigenvalue weighted by Gasteiger charge is -2.04. The first-order valence-corrected chi connectivity index (χ1v) is 7.50. The number of nitrogens with zero attached hydrogens (tertiary/aromatic N) is 2. The number of phenolic OH excluding ortho intramolecular Hbond substituents is 2. The number of hydrogen-bond acceptors (Lipinski definition) is 7. The molecule has 2 rings (SSSR count). The third-order valence-electron chi connectivity index (χ3n) is 2.58. The van der Waals surface area contributed by atoms with Crippen LogP contribution in [0.25, 0.3) is 0 Å². The lowest BCUT2D eigenvalue weighted by Crippen LogP contribution is -1.97. The molecule has 5 N–H and O–H groups in total. The van der Waals surface area contributed by atoms with Crippen LogP contribution in [0.15, 0.2) is 45.5 Å². The molecule has 8 nitrogen and oxygen atoms in total. The summed E-state index contributed by atoms with van der Waals surface area (Å²) in [4.78, 5) is -0.550. The highest BCUT2D eigenvalue weighted by Crippen LogP contribution is 2.38. The fourth-order valence-corrected chi connectivity index (χ4v) is 2.32. The largest absolute Gasteiger partial charge is 0.506 e. The smallest absolute Gasteiger partial charge is 0.294 e. The second kappa shape index (κ2) is 5.79. The molecular weight excluding hydrogens is 334 g/mol. The van der Waals surface area contributed by atoms with Gasteiger partial charge in [-0.05, 0) is 24.3 Å². The number of rotatable bonds is 3. The van der Waals surface area contributed by atoms with E-state index in [1.54, 1.807) is 0 Å². The number of nitrogens with two attached hydrogens (primary N) is 1. The van der Waals surface area contributed by atoms with Gasteiger partial charge in [0.05, 0.1) is 9.92 Å². The Morgan fingerprint density at radius 1 is 1.05 bits per heavy atom. The summed E-state index contributed by atoms with van der Waals surface area (Å²) in [6.45, 7) is 0. The van der Waals surface area contributed by atoms with Gasteiger partial charge in [-0.2, -0.15) is 8.42 Å². The van der Waals surface area contributed by atoms with Crippen LogP contribution in [-0.2, 0) is 10.1 Å². The third kappa shape index (κ3) is 3.45. The fraction of sp³-hybridized carbons (Fsp3) is 0. The number of benzene rings is 2. The molecule has 0 saturated carbocycles. The zero-order valence-electron chi connectivity index (χ0n) is 10.8. The van der Waals surface area contributed by atoms with Crippen molar-refractivity contribution in [3.63, 3.8) is 0 Å². The van der Waals surface area contributed by atoms with Gasteiger partial charge in [0.25, 0.3) is 10.1 Å². The predicted octanol–water partition coefficient (Wildman–Crippen LogP) is 3.00. The standard InChI is InChI=1S/C12H10ClN3O5S/c13-8-4-7(22(19,20)21)5-10(12(8)18)16-15-9-2-1-6(14)3-11(9)17/h1-5,17-18H,14H2,(H,19,20,21). The molecule has 116 valence electrons. The maximum Gasteiger partial charge on any atom is 0.294 e. The van der Waals surface area contributed by atoms with Crippen molar-refractivity contribution in [2.45, 2.75) is 4.90 Å². The van der Waals surface area contributed by atoms with Crippen LogP contribution in [0.4, 0.5) is 17.1 Å². The van der Waals surface area contributed by atoms with Crippen LogP contribution in [0.5, 0.6) is 11.5 Å². The zero-order chi connectivity index (χ0) is 16.5. The van der Waals surface area contributed by atoms with Crippen LogP contribution in [0.3, 0.4) is 0 Å². The number of phenols is 2. The molecule has 0 spiro atoms. The molecule has 2 aromatic carbocycles. The summed E-state index contributed by atoms with van der Waals surface area (Å²) in [7, 11) is -4.52. The van der Waals surface area contributed by atoms with E-state index in [1.165, 1.54) is 18.2 Å². The van der Waals surface area contributed by atoms with E-state index in [0.717, 1.165) is 12.1 Å². The van der Waals surface area contributed by atoms with E-state index >= 15 is 0 Å². The van der Waals surface area contributed by atoms with Gasteiger partial charge >= 0.3 is 0 Å². The Labute approximate surface area is 130 Å². The van der Waals surface area contributed by atoms with Crippen molar-refractivity contribution in [3.8, 4) is 11.5 Å². The van der Waals surface area contributed by atoms with E-state index in [9.17, 15) is 18.6 Å².